The Bertz CT molecular complexity index is 439. The fraction of sp³-hybridized carbons (Fsp3) is 0.909. The van der Waals surface area contributed by atoms with E-state index in [0.29, 0.717) is 32.6 Å². The van der Waals surface area contributed by atoms with Crippen molar-refractivity contribution in [1.29, 1.82) is 0 Å². The van der Waals surface area contributed by atoms with Crippen LogP contribution in [0.1, 0.15) is 25.7 Å². The summed E-state index contributed by atoms with van der Waals surface area (Å²) in [6.45, 7) is 1.60. The first-order valence-corrected chi connectivity index (χ1v) is 8.06. The molecule has 19 heavy (non-hydrogen) atoms. The molecule has 0 aliphatic carbocycles. The number of piperidine rings is 1. The van der Waals surface area contributed by atoms with Gasteiger partial charge in [0.05, 0.1) is 0 Å². The molecule has 0 radical (unpaired) electrons. The predicted octanol–water partition coefficient (Wildman–Crippen LogP) is -0.549. The quantitative estimate of drug-likeness (QED) is 0.723. The molecule has 2 unspecified atom stereocenters. The molecule has 0 spiro atoms. The van der Waals surface area contributed by atoms with Crippen molar-refractivity contribution in [2.24, 2.45) is 11.7 Å². The van der Waals surface area contributed by atoms with Gasteiger partial charge in [-0.05, 0) is 38.1 Å². The van der Waals surface area contributed by atoms with Crippen molar-refractivity contribution in [1.82, 2.24) is 8.61 Å². The zero-order chi connectivity index (χ0) is 14.0. The molecule has 0 saturated carbocycles. The van der Waals surface area contributed by atoms with Crippen LogP contribution < -0.4 is 5.73 Å². The van der Waals surface area contributed by atoms with E-state index < -0.39 is 22.2 Å². The molecular weight excluding hydrogens is 270 g/mol. The minimum Gasteiger partial charge on any atom is -0.480 e. The van der Waals surface area contributed by atoms with Crippen molar-refractivity contribution in [3.05, 3.63) is 0 Å². The van der Waals surface area contributed by atoms with E-state index in [1.165, 1.54) is 4.31 Å². The third kappa shape index (κ3) is 2.91. The van der Waals surface area contributed by atoms with E-state index in [1.807, 2.05) is 0 Å². The number of carbonyl (C=O) groups is 1. The van der Waals surface area contributed by atoms with Crippen LogP contribution in [-0.2, 0) is 15.0 Å². The fourth-order valence-electron chi connectivity index (χ4n) is 2.78. The average Bonchev–Trinajstić information content (AvgIpc) is 2.88. The number of nitrogens with two attached hydrogens (primary N) is 1. The van der Waals surface area contributed by atoms with E-state index in [0.717, 1.165) is 23.6 Å². The maximum absolute atomic E-state index is 12.5. The number of rotatable bonds is 4. The zero-order valence-corrected chi connectivity index (χ0v) is 11.7. The molecule has 2 heterocycles. The molecule has 0 aromatic rings. The van der Waals surface area contributed by atoms with Crippen LogP contribution in [0.3, 0.4) is 0 Å². The second-order valence-corrected chi connectivity index (χ2v) is 7.10. The number of carboxylic acid groups (broad SMARTS) is 1. The van der Waals surface area contributed by atoms with Gasteiger partial charge in [0.25, 0.3) is 10.2 Å². The monoisotopic (exact) mass is 291 g/mol. The lowest BCUT2D eigenvalue weighted by Gasteiger charge is -2.34. The molecule has 0 aromatic heterocycles. The van der Waals surface area contributed by atoms with Crippen LogP contribution in [0.5, 0.6) is 0 Å². The summed E-state index contributed by atoms with van der Waals surface area (Å²) in [5, 5.41) is 9.17. The molecule has 7 nitrogen and oxygen atoms in total. The highest BCUT2D eigenvalue weighted by atomic mass is 32.2. The highest BCUT2D eigenvalue weighted by Gasteiger charge is 2.42. The van der Waals surface area contributed by atoms with Gasteiger partial charge in [-0.25, -0.2) is 0 Å². The van der Waals surface area contributed by atoms with E-state index in [9.17, 15) is 13.2 Å². The largest absolute Gasteiger partial charge is 0.480 e. The van der Waals surface area contributed by atoms with E-state index in [2.05, 4.69) is 0 Å². The standard InChI is InChI=1S/C11H21N3O4S/c12-7-9-4-6-13(8-9)19(17,18)14-5-2-1-3-10(14)11(15)16/h9-10H,1-8,12H2,(H,15,16). The first-order valence-electron chi connectivity index (χ1n) is 6.66. The van der Waals surface area contributed by atoms with Crippen LogP contribution >= 0.6 is 0 Å². The van der Waals surface area contributed by atoms with Crippen LogP contribution in [0.25, 0.3) is 0 Å². The van der Waals surface area contributed by atoms with E-state index in [1.54, 1.807) is 0 Å². The van der Waals surface area contributed by atoms with Crippen molar-refractivity contribution in [3.8, 4) is 0 Å². The third-order valence-electron chi connectivity index (χ3n) is 3.94. The highest BCUT2D eigenvalue weighted by molar-refractivity contribution is 7.86. The van der Waals surface area contributed by atoms with Crippen molar-refractivity contribution in [2.45, 2.75) is 31.7 Å². The van der Waals surface area contributed by atoms with Gasteiger partial charge < -0.3 is 10.8 Å². The Hall–Kier alpha value is -0.700. The summed E-state index contributed by atoms with van der Waals surface area (Å²) < 4.78 is 27.6. The van der Waals surface area contributed by atoms with Gasteiger partial charge in [-0.1, -0.05) is 0 Å². The summed E-state index contributed by atoms with van der Waals surface area (Å²) in [5.41, 5.74) is 5.56. The Morgan fingerprint density at radius 2 is 2.00 bits per heavy atom. The van der Waals surface area contributed by atoms with Crippen molar-refractivity contribution in [2.75, 3.05) is 26.2 Å². The Labute approximate surface area is 113 Å². The van der Waals surface area contributed by atoms with E-state index in [-0.39, 0.29) is 5.92 Å². The second kappa shape index (κ2) is 5.74. The molecule has 2 rings (SSSR count). The Kier molecular flexibility index (Phi) is 4.44. The summed E-state index contributed by atoms with van der Waals surface area (Å²) in [6, 6.07) is -0.921. The predicted molar refractivity (Wildman–Crippen MR) is 69.6 cm³/mol. The number of aliphatic carboxylic acids is 1. The van der Waals surface area contributed by atoms with Gasteiger partial charge >= 0.3 is 5.97 Å². The number of carboxylic acids is 1. The molecule has 0 amide bonds. The zero-order valence-electron chi connectivity index (χ0n) is 10.9. The molecule has 110 valence electrons. The van der Waals surface area contributed by atoms with Crippen LogP contribution in [0.15, 0.2) is 0 Å². The Morgan fingerprint density at radius 1 is 1.26 bits per heavy atom. The SMILES string of the molecule is NCC1CCN(S(=O)(=O)N2CCCCC2C(=O)O)C1. The Balaban J connectivity index is 2.16. The van der Waals surface area contributed by atoms with Gasteiger partial charge in [0.2, 0.25) is 0 Å². The molecule has 3 N–H and O–H groups in total. The first-order chi connectivity index (χ1) is 8.96. The minimum absolute atomic E-state index is 0.183. The molecule has 0 bridgehead atoms. The first kappa shape index (κ1) is 14.7. The van der Waals surface area contributed by atoms with E-state index >= 15 is 0 Å². The molecule has 0 aromatic carbocycles. The summed E-state index contributed by atoms with van der Waals surface area (Å²) >= 11 is 0. The Morgan fingerprint density at radius 3 is 2.58 bits per heavy atom. The molecule has 8 heteroatoms. The van der Waals surface area contributed by atoms with Crippen LogP contribution in [0.2, 0.25) is 0 Å². The van der Waals surface area contributed by atoms with Gasteiger partial charge in [-0.3, -0.25) is 4.79 Å². The maximum atomic E-state index is 12.5. The van der Waals surface area contributed by atoms with E-state index in [4.69, 9.17) is 10.8 Å². The molecule has 2 saturated heterocycles. The summed E-state index contributed by atoms with van der Waals surface area (Å²) in [4.78, 5) is 11.2. The maximum Gasteiger partial charge on any atom is 0.322 e. The van der Waals surface area contributed by atoms with Gasteiger partial charge in [0.15, 0.2) is 0 Å². The number of nitrogens with zero attached hydrogens (tertiary/aromatic N) is 2. The van der Waals surface area contributed by atoms with Gasteiger partial charge in [-0.2, -0.15) is 17.0 Å². The topological polar surface area (TPSA) is 104 Å². The summed E-state index contributed by atoms with van der Waals surface area (Å²) in [7, 11) is -3.67. The van der Waals surface area contributed by atoms with Gasteiger partial charge in [0, 0.05) is 19.6 Å². The van der Waals surface area contributed by atoms with Crippen LogP contribution in [-0.4, -0.2) is 60.3 Å². The van der Waals surface area contributed by atoms with Crippen molar-refractivity contribution in [3.63, 3.8) is 0 Å². The smallest absolute Gasteiger partial charge is 0.322 e. The molecule has 2 aliphatic rings. The lowest BCUT2D eigenvalue weighted by Crippen LogP contribution is -2.52. The summed E-state index contributed by atoms with van der Waals surface area (Å²) in [6.07, 6.45) is 2.62. The average molecular weight is 291 g/mol. The van der Waals surface area contributed by atoms with Crippen LogP contribution in [0, 0.1) is 5.92 Å². The third-order valence-corrected chi connectivity index (χ3v) is 5.96. The number of hydrogen-bond donors (Lipinski definition) is 2. The highest BCUT2D eigenvalue weighted by Crippen LogP contribution is 2.26. The molecular formula is C11H21N3O4S. The summed E-state index contributed by atoms with van der Waals surface area (Å²) in [5.74, 6) is -0.874. The molecule has 2 aliphatic heterocycles. The second-order valence-electron chi connectivity index (χ2n) is 5.22. The molecule has 2 atom stereocenters. The normalized spacial score (nSPS) is 30.6. The van der Waals surface area contributed by atoms with Gasteiger partial charge in [0.1, 0.15) is 6.04 Å². The van der Waals surface area contributed by atoms with Crippen LogP contribution in [0.4, 0.5) is 0 Å². The lowest BCUT2D eigenvalue weighted by atomic mass is 10.1. The van der Waals surface area contributed by atoms with Gasteiger partial charge in [-0.15, -0.1) is 0 Å². The fourth-order valence-corrected chi connectivity index (χ4v) is 4.68. The molecule has 2 fully saturated rings. The minimum atomic E-state index is -3.67. The van der Waals surface area contributed by atoms with Crippen molar-refractivity contribution < 1.29 is 18.3 Å². The lowest BCUT2D eigenvalue weighted by molar-refractivity contribution is -0.142. The number of hydrogen-bond acceptors (Lipinski definition) is 4. The van der Waals surface area contributed by atoms with Crippen molar-refractivity contribution >= 4 is 16.2 Å².